The van der Waals surface area contributed by atoms with E-state index in [-0.39, 0.29) is 17.5 Å². The van der Waals surface area contributed by atoms with Crippen molar-refractivity contribution in [3.8, 4) is 11.3 Å². The van der Waals surface area contributed by atoms with Crippen LogP contribution < -0.4 is 5.32 Å². The van der Waals surface area contributed by atoms with Gasteiger partial charge in [-0.05, 0) is 32.1 Å². The number of carbonyl (C=O) groups is 1. The summed E-state index contributed by atoms with van der Waals surface area (Å²) in [4.78, 5) is 29.6. The predicted molar refractivity (Wildman–Crippen MR) is 109 cm³/mol. The molecule has 28 heavy (non-hydrogen) atoms. The molecule has 0 aliphatic carbocycles. The Labute approximate surface area is 166 Å². The lowest BCUT2D eigenvalue weighted by Crippen LogP contribution is -2.25. The van der Waals surface area contributed by atoms with Crippen LogP contribution in [0.25, 0.3) is 16.2 Å². The van der Waals surface area contributed by atoms with E-state index in [2.05, 4.69) is 27.2 Å². The summed E-state index contributed by atoms with van der Waals surface area (Å²) in [5.41, 5.74) is 1.59. The normalized spacial score (nSPS) is 11.2. The van der Waals surface area contributed by atoms with Crippen LogP contribution in [-0.4, -0.2) is 50.5 Å². The van der Waals surface area contributed by atoms with Crippen molar-refractivity contribution in [2.24, 2.45) is 0 Å². The van der Waals surface area contributed by atoms with Crippen molar-refractivity contribution in [2.45, 2.75) is 26.2 Å². The minimum Gasteiger partial charge on any atom is -0.306 e. The predicted octanol–water partition coefficient (Wildman–Crippen LogP) is 3.43. The summed E-state index contributed by atoms with van der Waals surface area (Å²) in [7, 11) is 2.00. The second-order valence-corrected chi connectivity index (χ2v) is 7.35. The summed E-state index contributed by atoms with van der Waals surface area (Å²) >= 11 is 1.39. The van der Waals surface area contributed by atoms with Crippen LogP contribution in [0.3, 0.4) is 0 Å². The minimum absolute atomic E-state index is 0.0330. The molecule has 2 heterocycles. The second kappa shape index (κ2) is 8.89. The van der Waals surface area contributed by atoms with E-state index in [9.17, 15) is 14.9 Å². The number of hydrogen-bond donors (Lipinski definition) is 1. The molecule has 0 saturated carbocycles. The van der Waals surface area contributed by atoms with E-state index in [1.54, 1.807) is 16.6 Å². The lowest BCUT2D eigenvalue weighted by molar-refractivity contribution is -0.384. The minimum atomic E-state index is -0.435. The van der Waals surface area contributed by atoms with Gasteiger partial charge in [0.05, 0.1) is 10.6 Å². The molecule has 148 valence electrons. The van der Waals surface area contributed by atoms with E-state index in [1.807, 2.05) is 12.4 Å². The molecule has 0 aliphatic rings. The lowest BCUT2D eigenvalue weighted by Gasteiger charge is -2.15. The number of amides is 1. The van der Waals surface area contributed by atoms with Crippen molar-refractivity contribution in [3.63, 3.8) is 0 Å². The second-order valence-electron chi connectivity index (χ2n) is 6.51. The summed E-state index contributed by atoms with van der Waals surface area (Å²) in [5.74, 6) is 0.134. The van der Waals surface area contributed by atoms with E-state index >= 15 is 0 Å². The van der Waals surface area contributed by atoms with Gasteiger partial charge in [-0.3, -0.25) is 20.2 Å². The third-order valence-corrected chi connectivity index (χ3v) is 5.14. The molecular formula is C18H22N6O3S. The van der Waals surface area contributed by atoms with Crippen LogP contribution in [0, 0.1) is 10.1 Å². The Kier molecular flexibility index (Phi) is 6.32. The monoisotopic (exact) mass is 402 g/mol. The van der Waals surface area contributed by atoms with Crippen LogP contribution >= 0.6 is 11.3 Å². The topological polar surface area (TPSA) is 106 Å². The zero-order valence-electron chi connectivity index (χ0n) is 15.8. The quantitative estimate of drug-likeness (QED) is 0.434. The van der Waals surface area contributed by atoms with Gasteiger partial charge in [-0.1, -0.05) is 13.3 Å². The third-order valence-electron chi connectivity index (χ3n) is 4.32. The SMILES string of the molecule is CCCCN(C)CCC(=O)Nc1nc2scc(-c3ccc([N+](=O)[O-])cc3)n2n1. The summed E-state index contributed by atoms with van der Waals surface area (Å²) in [5, 5.41) is 19.8. The van der Waals surface area contributed by atoms with E-state index in [0.29, 0.717) is 17.9 Å². The Bertz CT molecular complexity index is 966. The molecule has 0 saturated heterocycles. The molecule has 9 nitrogen and oxygen atoms in total. The van der Waals surface area contributed by atoms with E-state index in [0.717, 1.165) is 30.6 Å². The highest BCUT2D eigenvalue weighted by Crippen LogP contribution is 2.27. The smallest absolute Gasteiger partial charge is 0.269 e. The van der Waals surface area contributed by atoms with Gasteiger partial charge in [0, 0.05) is 36.0 Å². The van der Waals surface area contributed by atoms with Gasteiger partial charge in [-0.2, -0.15) is 4.98 Å². The fourth-order valence-electron chi connectivity index (χ4n) is 2.71. The van der Waals surface area contributed by atoms with Crippen LogP contribution in [0.1, 0.15) is 26.2 Å². The number of aromatic nitrogens is 3. The van der Waals surface area contributed by atoms with Crippen LogP contribution in [0.15, 0.2) is 29.6 Å². The molecule has 10 heteroatoms. The standard InChI is InChI=1S/C18H22N6O3S/c1-3-4-10-22(2)11-9-16(25)19-17-20-18-23(21-17)15(12-28-18)13-5-7-14(8-6-13)24(26)27/h5-8,12H,3-4,9-11H2,1-2H3,(H,19,21,25). The summed E-state index contributed by atoms with van der Waals surface area (Å²) in [6.07, 6.45) is 2.62. The fourth-order valence-corrected chi connectivity index (χ4v) is 3.54. The number of anilines is 1. The molecule has 2 aromatic heterocycles. The molecule has 0 fully saturated rings. The average Bonchev–Trinajstić information content (AvgIpc) is 3.24. The number of thiazole rings is 1. The first-order valence-electron chi connectivity index (χ1n) is 9.05. The maximum absolute atomic E-state index is 12.2. The number of carbonyl (C=O) groups excluding carboxylic acids is 1. The first-order chi connectivity index (χ1) is 13.5. The van der Waals surface area contributed by atoms with Crippen LogP contribution in [-0.2, 0) is 4.79 Å². The number of unbranched alkanes of at least 4 members (excludes halogenated alkanes) is 1. The average molecular weight is 402 g/mol. The van der Waals surface area contributed by atoms with Gasteiger partial charge in [0.1, 0.15) is 0 Å². The molecule has 1 amide bonds. The fraction of sp³-hybridized carbons (Fsp3) is 0.389. The van der Waals surface area contributed by atoms with Crippen molar-refractivity contribution < 1.29 is 9.72 Å². The van der Waals surface area contributed by atoms with Gasteiger partial charge in [0.15, 0.2) is 0 Å². The Morgan fingerprint density at radius 3 is 2.75 bits per heavy atom. The number of benzene rings is 1. The van der Waals surface area contributed by atoms with Gasteiger partial charge >= 0.3 is 0 Å². The molecule has 3 aromatic rings. The van der Waals surface area contributed by atoms with Gasteiger partial charge in [0.25, 0.3) is 5.69 Å². The zero-order valence-corrected chi connectivity index (χ0v) is 16.6. The lowest BCUT2D eigenvalue weighted by atomic mass is 10.1. The first kappa shape index (κ1) is 19.9. The number of rotatable bonds is 9. The molecular weight excluding hydrogens is 380 g/mol. The summed E-state index contributed by atoms with van der Waals surface area (Å²) in [6, 6.07) is 6.25. The van der Waals surface area contributed by atoms with Gasteiger partial charge in [-0.25, -0.2) is 4.52 Å². The molecule has 0 bridgehead atoms. The molecule has 0 radical (unpaired) electrons. The Balaban J connectivity index is 1.66. The van der Waals surface area contributed by atoms with Gasteiger partial charge in [0.2, 0.25) is 16.8 Å². The van der Waals surface area contributed by atoms with Crippen LogP contribution in [0.2, 0.25) is 0 Å². The number of nitro benzene ring substituents is 1. The number of nitro groups is 1. The number of nitrogens with zero attached hydrogens (tertiary/aromatic N) is 5. The molecule has 3 rings (SSSR count). The van der Waals surface area contributed by atoms with Crippen molar-refractivity contribution in [1.82, 2.24) is 19.5 Å². The van der Waals surface area contributed by atoms with Crippen molar-refractivity contribution >= 4 is 33.8 Å². The third kappa shape index (κ3) is 4.70. The molecule has 0 aliphatic heterocycles. The maximum atomic E-state index is 12.2. The molecule has 1 aromatic carbocycles. The van der Waals surface area contributed by atoms with E-state index in [4.69, 9.17) is 0 Å². The highest BCUT2D eigenvalue weighted by Gasteiger charge is 2.14. The largest absolute Gasteiger partial charge is 0.306 e. The van der Waals surface area contributed by atoms with Crippen molar-refractivity contribution in [2.75, 3.05) is 25.5 Å². The van der Waals surface area contributed by atoms with E-state index in [1.165, 1.54) is 23.5 Å². The number of fused-ring (bicyclic) bond motifs is 1. The van der Waals surface area contributed by atoms with Crippen LogP contribution in [0.5, 0.6) is 0 Å². The molecule has 0 spiro atoms. The molecule has 0 unspecified atom stereocenters. The maximum Gasteiger partial charge on any atom is 0.269 e. The van der Waals surface area contributed by atoms with Crippen molar-refractivity contribution in [1.29, 1.82) is 0 Å². The number of hydrogen-bond acceptors (Lipinski definition) is 7. The number of non-ortho nitro benzene ring substituents is 1. The van der Waals surface area contributed by atoms with Crippen molar-refractivity contribution in [3.05, 3.63) is 39.8 Å². The molecule has 1 N–H and O–H groups in total. The Morgan fingerprint density at radius 2 is 2.07 bits per heavy atom. The highest BCUT2D eigenvalue weighted by atomic mass is 32.1. The van der Waals surface area contributed by atoms with Crippen LogP contribution in [0.4, 0.5) is 11.6 Å². The highest BCUT2D eigenvalue weighted by molar-refractivity contribution is 7.15. The van der Waals surface area contributed by atoms with Gasteiger partial charge in [-0.15, -0.1) is 16.4 Å². The Hall–Kier alpha value is -2.85. The zero-order chi connectivity index (χ0) is 20.1. The van der Waals surface area contributed by atoms with E-state index < -0.39 is 4.92 Å². The van der Waals surface area contributed by atoms with Gasteiger partial charge < -0.3 is 4.90 Å². The Morgan fingerprint density at radius 1 is 1.32 bits per heavy atom. The molecule has 0 atom stereocenters. The summed E-state index contributed by atoms with van der Waals surface area (Å²) in [6.45, 7) is 3.80. The number of nitrogens with one attached hydrogen (secondary N) is 1. The first-order valence-corrected chi connectivity index (χ1v) is 9.93. The summed E-state index contributed by atoms with van der Waals surface area (Å²) < 4.78 is 1.63.